The van der Waals surface area contributed by atoms with Gasteiger partial charge >= 0.3 is 0 Å². The topological polar surface area (TPSA) is 32.7 Å². The minimum Gasteiger partial charge on any atom is -0.392 e. The van der Waals surface area contributed by atoms with Crippen molar-refractivity contribution in [3.05, 3.63) is 0 Å². The Morgan fingerprint density at radius 1 is 1.18 bits per heavy atom. The lowest BCUT2D eigenvalue weighted by Gasteiger charge is -2.39. The summed E-state index contributed by atoms with van der Waals surface area (Å²) in [6.07, 6.45) is 8.82. The summed E-state index contributed by atoms with van der Waals surface area (Å²) in [6.45, 7) is 11.2. The normalized spacial score (nSPS) is 39.3. The molecule has 3 rings (SSSR count). The van der Waals surface area contributed by atoms with E-state index >= 15 is 0 Å². The van der Waals surface area contributed by atoms with Crippen molar-refractivity contribution in [1.29, 1.82) is 0 Å². The molecule has 128 valence electrons. The van der Waals surface area contributed by atoms with E-state index in [-0.39, 0.29) is 6.10 Å². The molecule has 1 saturated heterocycles. The van der Waals surface area contributed by atoms with Crippen LogP contribution in [0.5, 0.6) is 0 Å². The fourth-order valence-electron chi connectivity index (χ4n) is 5.26. The Morgan fingerprint density at radius 3 is 2.50 bits per heavy atom. The molecular weight excluding hydrogens is 274 g/mol. The summed E-state index contributed by atoms with van der Waals surface area (Å²) in [5.41, 5.74) is 0.763. The third-order valence-electron chi connectivity index (χ3n) is 7.40. The zero-order chi connectivity index (χ0) is 15.8. The first-order chi connectivity index (χ1) is 10.4. The van der Waals surface area contributed by atoms with E-state index in [1.54, 1.807) is 0 Å². The van der Waals surface area contributed by atoms with Gasteiger partial charge in [0.25, 0.3) is 0 Å². The molecule has 0 aromatic carbocycles. The number of piperidine rings is 1. The van der Waals surface area contributed by atoms with Gasteiger partial charge in [-0.1, -0.05) is 27.2 Å². The van der Waals surface area contributed by atoms with Gasteiger partial charge in [-0.3, -0.25) is 0 Å². The summed E-state index contributed by atoms with van der Waals surface area (Å²) in [5.74, 6) is 0.834. The largest absolute Gasteiger partial charge is 0.392 e. The van der Waals surface area contributed by atoms with Crippen molar-refractivity contribution in [3.63, 3.8) is 0 Å². The van der Waals surface area contributed by atoms with Gasteiger partial charge in [0.15, 0.2) is 0 Å². The van der Waals surface area contributed by atoms with Crippen molar-refractivity contribution >= 4 is 0 Å². The SMILES string of the molecule is CC1(C)[C@H]2CC[C@]1(C)[C@H](OCC[C@H](O)CN1CCCCC1)C2. The smallest absolute Gasteiger partial charge is 0.0689 e. The van der Waals surface area contributed by atoms with Crippen LogP contribution in [-0.2, 0) is 4.74 Å². The third-order valence-corrected chi connectivity index (χ3v) is 7.40. The van der Waals surface area contributed by atoms with Crippen LogP contribution < -0.4 is 0 Å². The molecular formula is C19H35NO2. The molecule has 2 saturated carbocycles. The molecule has 2 aliphatic carbocycles. The van der Waals surface area contributed by atoms with Crippen molar-refractivity contribution in [3.8, 4) is 0 Å². The van der Waals surface area contributed by atoms with E-state index < -0.39 is 0 Å². The standard InChI is InChI=1S/C19H35NO2/c1-18(2)15-7-9-19(18,3)17(13-15)22-12-8-16(21)14-20-10-5-4-6-11-20/h15-17,21H,4-14H2,1-3H3/t15-,16-,17+,19+/m0/s1. The first kappa shape index (κ1) is 16.7. The summed E-state index contributed by atoms with van der Waals surface area (Å²) in [4.78, 5) is 2.41. The van der Waals surface area contributed by atoms with Crippen molar-refractivity contribution in [1.82, 2.24) is 4.90 Å². The molecule has 0 spiro atoms. The monoisotopic (exact) mass is 309 g/mol. The van der Waals surface area contributed by atoms with E-state index in [1.165, 1.54) is 38.5 Å². The molecule has 1 heterocycles. The van der Waals surface area contributed by atoms with E-state index in [1.807, 2.05) is 0 Å². The predicted molar refractivity (Wildman–Crippen MR) is 89.9 cm³/mol. The molecule has 0 unspecified atom stereocenters. The lowest BCUT2D eigenvalue weighted by Crippen LogP contribution is -2.39. The zero-order valence-electron chi connectivity index (χ0n) is 14.8. The molecule has 0 aromatic rings. The number of β-amino-alcohol motifs (C(OH)–C–C–N with tert-alkyl or cyclic N) is 1. The lowest BCUT2D eigenvalue weighted by molar-refractivity contribution is -0.0566. The Bertz CT molecular complexity index is 378. The number of ether oxygens (including phenoxy) is 1. The molecule has 4 atom stereocenters. The average Bonchev–Trinajstić information content (AvgIpc) is 2.81. The fourth-order valence-corrected chi connectivity index (χ4v) is 5.26. The molecule has 3 heteroatoms. The maximum Gasteiger partial charge on any atom is 0.0689 e. The van der Waals surface area contributed by atoms with E-state index in [0.717, 1.165) is 38.6 Å². The van der Waals surface area contributed by atoms with Gasteiger partial charge in [-0.15, -0.1) is 0 Å². The highest BCUT2D eigenvalue weighted by Crippen LogP contribution is 2.66. The number of nitrogens with zero attached hydrogens (tertiary/aromatic N) is 1. The zero-order valence-corrected chi connectivity index (χ0v) is 14.8. The summed E-state index contributed by atoms with van der Waals surface area (Å²) in [5, 5.41) is 10.3. The Morgan fingerprint density at radius 2 is 1.91 bits per heavy atom. The van der Waals surface area contributed by atoms with Gasteiger partial charge in [-0.05, 0) is 68.4 Å². The minimum atomic E-state index is -0.225. The van der Waals surface area contributed by atoms with Crippen LogP contribution in [0.25, 0.3) is 0 Å². The maximum absolute atomic E-state index is 10.3. The number of rotatable bonds is 6. The highest BCUT2D eigenvalue weighted by atomic mass is 16.5. The van der Waals surface area contributed by atoms with E-state index in [2.05, 4.69) is 25.7 Å². The van der Waals surface area contributed by atoms with E-state index in [0.29, 0.717) is 16.9 Å². The molecule has 0 aromatic heterocycles. The number of aliphatic hydroxyl groups excluding tert-OH is 1. The molecule has 0 amide bonds. The fraction of sp³-hybridized carbons (Fsp3) is 1.00. The Balaban J connectivity index is 1.40. The van der Waals surface area contributed by atoms with Crippen LogP contribution in [-0.4, -0.2) is 48.5 Å². The van der Waals surface area contributed by atoms with Gasteiger partial charge in [0.2, 0.25) is 0 Å². The van der Waals surface area contributed by atoms with Crippen LogP contribution in [0, 0.1) is 16.7 Å². The van der Waals surface area contributed by atoms with Crippen molar-refractivity contribution < 1.29 is 9.84 Å². The second-order valence-corrected chi connectivity index (χ2v) is 8.77. The van der Waals surface area contributed by atoms with Crippen molar-refractivity contribution in [2.45, 2.75) is 77.9 Å². The van der Waals surface area contributed by atoms with E-state index in [4.69, 9.17) is 4.74 Å². The van der Waals surface area contributed by atoms with Gasteiger partial charge in [-0.25, -0.2) is 0 Å². The highest BCUT2D eigenvalue weighted by Gasteiger charge is 2.61. The predicted octanol–water partition coefficient (Wildman–Crippen LogP) is 3.45. The van der Waals surface area contributed by atoms with Gasteiger partial charge in [-0.2, -0.15) is 0 Å². The van der Waals surface area contributed by atoms with E-state index in [9.17, 15) is 5.11 Å². The van der Waals surface area contributed by atoms with Gasteiger partial charge in [0.1, 0.15) is 0 Å². The quantitative estimate of drug-likeness (QED) is 0.815. The van der Waals surface area contributed by atoms with Crippen LogP contribution in [0.1, 0.15) is 65.7 Å². The summed E-state index contributed by atoms with van der Waals surface area (Å²) < 4.78 is 6.26. The number of likely N-dealkylation sites (tertiary alicyclic amines) is 1. The molecule has 3 fully saturated rings. The summed E-state index contributed by atoms with van der Waals surface area (Å²) >= 11 is 0. The lowest BCUT2D eigenvalue weighted by atomic mass is 9.70. The molecule has 3 aliphatic rings. The van der Waals surface area contributed by atoms with Gasteiger partial charge in [0.05, 0.1) is 12.2 Å². The van der Waals surface area contributed by atoms with Crippen LogP contribution in [0.2, 0.25) is 0 Å². The number of hydrogen-bond donors (Lipinski definition) is 1. The Kier molecular flexibility index (Phi) is 4.87. The van der Waals surface area contributed by atoms with Crippen molar-refractivity contribution in [2.24, 2.45) is 16.7 Å². The Labute approximate surface area is 136 Å². The molecule has 3 nitrogen and oxygen atoms in total. The Hall–Kier alpha value is -0.120. The van der Waals surface area contributed by atoms with Crippen LogP contribution in [0.3, 0.4) is 0 Å². The molecule has 2 bridgehead atoms. The first-order valence-electron chi connectivity index (χ1n) is 9.45. The van der Waals surface area contributed by atoms with Crippen LogP contribution in [0.4, 0.5) is 0 Å². The maximum atomic E-state index is 10.3. The summed E-state index contributed by atoms with van der Waals surface area (Å²) in [6, 6.07) is 0. The first-order valence-corrected chi connectivity index (χ1v) is 9.45. The minimum absolute atomic E-state index is 0.225. The highest BCUT2D eigenvalue weighted by molar-refractivity contribution is 5.11. The second-order valence-electron chi connectivity index (χ2n) is 8.77. The second kappa shape index (κ2) is 6.41. The van der Waals surface area contributed by atoms with Crippen molar-refractivity contribution in [2.75, 3.05) is 26.2 Å². The molecule has 1 N–H and O–H groups in total. The summed E-state index contributed by atoms with van der Waals surface area (Å²) in [7, 11) is 0. The molecule has 22 heavy (non-hydrogen) atoms. The van der Waals surface area contributed by atoms with Crippen LogP contribution in [0.15, 0.2) is 0 Å². The number of hydrogen-bond acceptors (Lipinski definition) is 3. The van der Waals surface area contributed by atoms with Gasteiger partial charge in [0, 0.05) is 13.2 Å². The van der Waals surface area contributed by atoms with Crippen LogP contribution >= 0.6 is 0 Å². The number of aliphatic hydroxyl groups is 1. The molecule has 0 radical (unpaired) electrons. The molecule has 1 aliphatic heterocycles. The number of fused-ring (bicyclic) bond motifs is 2. The third kappa shape index (κ3) is 2.97. The van der Waals surface area contributed by atoms with Gasteiger partial charge < -0.3 is 14.7 Å². The average molecular weight is 309 g/mol.